The van der Waals surface area contributed by atoms with E-state index >= 15 is 0 Å². The Morgan fingerprint density at radius 1 is 1.65 bits per heavy atom. The summed E-state index contributed by atoms with van der Waals surface area (Å²) in [5.41, 5.74) is 0. The van der Waals surface area contributed by atoms with Gasteiger partial charge in [-0.3, -0.25) is 4.79 Å². The highest BCUT2D eigenvalue weighted by Gasteiger charge is 2.23. The summed E-state index contributed by atoms with van der Waals surface area (Å²) >= 11 is 3.39. The minimum Gasteiger partial charge on any atom is -0.476 e. The number of ether oxygens (including phenoxy) is 1. The highest BCUT2D eigenvalue weighted by atomic mass is 79.9. The van der Waals surface area contributed by atoms with Crippen LogP contribution in [0.5, 0.6) is 5.88 Å². The summed E-state index contributed by atoms with van der Waals surface area (Å²) in [5.74, 6) is 1.24. The number of hydrogen-bond acceptors (Lipinski definition) is 3. The van der Waals surface area contributed by atoms with Crippen molar-refractivity contribution >= 4 is 21.8 Å². The van der Waals surface area contributed by atoms with Crippen LogP contribution in [0.25, 0.3) is 0 Å². The van der Waals surface area contributed by atoms with Crippen LogP contribution in [0.2, 0.25) is 0 Å². The first-order valence-corrected chi connectivity index (χ1v) is 6.43. The first kappa shape index (κ1) is 12.4. The first-order chi connectivity index (χ1) is 8.16. The molecule has 0 aromatic carbocycles. The van der Waals surface area contributed by atoms with Gasteiger partial charge in [0.25, 0.3) is 0 Å². The normalized spacial score (nSPS) is 20.5. The number of carbonyl (C=O) groups is 1. The summed E-state index contributed by atoms with van der Waals surface area (Å²) in [6, 6.07) is 3.75. The maximum Gasteiger partial charge on any atom is 0.227 e. The molecule has 1 unspecified atom stereocenters. The van der Waals surface area contributed by atoms with Gasteiger partial charge in [-0.05, 0) is 34.5 Å². The number of pyridine rings is 1. The zero-order valence-corrected chi connectivity index (χ0v) is 11.3. The van der Waals surface area contributed by atoms with Crippen molar-refractivity contribution in [3.8, 4) is 5.88 Å². The van der Waals surface area contributed by atoms with Gasteiger partial charge >= 0.3 is 0 Å². The first-order valence-electron chi connectivity index (χ1n) is 5.64. The molecule has 1 atom stereocenters. The lowest BCUT2D eigenvalue weighted by Gasteiger charge is -2.29. The third-order valence-corrected chi connectivity index (χ3v) is 3.51. The molecule has 0 spiro atoms. The molecule has 1 saturated heterocycles. The van der Waals surface area contributed by atoms with Gasteiger partial charge in [-0.2, -0.15) is 0 Å². The van der Waals surface area contributed by atoms with E-state index < -0.39 is 0 Å². The molecule has 0 aliphatic carbocycles. The minimum atomic E-state index is 0.222. The van der Waals surface area contributed by atoms with Crippen molar-refractivity contribution in [2.24, 2.45) is 5.92 Å². The van der Waals surface area contributed by atoms with Crippen molar-refractivity contribution in [2.75, 3.05) is 20.2 Å². The van der Waals surface area contributed by atoms with Crippen LogP contribution < -0.4 is 4.74 Å². The molecular formula is C12H15BrN2O2. The van der Waals surface area contributed by atoms with Gasteiger partial charge in [-0.15, -0.1) is 0 Å². The Balaban J connectivity index is 1.87. The topological polar surface area (TPSA) is 42.4 Å². The largest absolute Gasteiger partial charge is 0.476 e. The molecule has 1 aliphatic heterocycles. The average Bonchev–Trinajstić information content (AvgIpc) is 2.32. The number of carbonyl (C=O) groups excluding carboxylic acids is 1. The summed E-state index contributed by atoms with van der Waals surface area (Å²) in [7, 11) is 1.84. The molecule has 92 valence electrons. The Morgan fingerprint density at radius 2 is 2.47 bits per heavy atom. The lowest BCUT2D eigenvalue weighted by molar-refractivity contribution is -0.133. The number of piperidine rings is 1. The number of rotatable bonds is 3. The predicted molar refractivity (Wildman–Crippen MR) is 67.8 cm³/mol. The molecule has 0 saturated carbocycles. The molecule has 4 nitrogen and oxygen atoms in total. The molecule has 5 heteroatoms. The predicted octanol–water partition coefficient (Wildman–Crippen LogP) is 2.09. The highest BCUT2D eigenvalue weighted by Crippen LogP contribution is 2.23. The Morgan fingerprint density at radius 3 is 3.18 bits per heavy atom. The van der Waals surface area contributed by atoms with Crippen LogP contribution in [-0.2, 0) is 4.79 Å². The van der Waals surface area contributed by atoms with E-state index in [0.717, 1.165) is 17.4 Å². The van der Waals surface area contributed by atoms with Crippen molar-refractivity contribution < 1.29 is 9.53 Å². The van der Waals surface area contributed by atoms with E-state index in [9.17, 15) is 4.79 Å². The second-order valence-electron chi connectivity index (χ2n) is 4.28. The van der Waals surface area contributed by atoms with Crippen molar-refractivity contribution in [2.45, 2.75) is 12.8 Å². The quantitative estimate of drug-likeness (QED) is 0.858. The fourth-order valence-electron chi connectivity index (χ4n) is 1.91. The second-order valence-corrected chi connectivity index (χ2v) is 5.13. The van der Waals surface area contributed by atoms with Gasteiger partial charge in [-0.1, -0.05) is 0 Å². The van der Waals surface area contributed by atoms with Crippen LogP contribution in [0.3, 0.4) is 0 Å². The summed E-state index contributed by atoms with van der Waals surface area (Å²) in [5, 5.41) is 0. The number of aromatic nitrogens is 1. The zero-order valence-electron chi connectivity index (χ0n) is 9.73. The molecule has 2 heterocycles. The molecule has 0 radical (unpaired) electrons. The van der Waals surface area contributed by atoms with E-state index in [4.69, 9.17) is 4.74 Å². The Kier molecular flexibility index (Phi) is 3.99. The van der Waals surface area contributed by atoms with Crippen LogP contribution >= 0.6 is 15.9 Å². The van der Waals surface area contributed by atoms with E-state index in [0.29, 0.717) is 24.8 Å². The monoisotopic (exact) mass is 298 g/mol. The van der Waals surface area contributed by atoms with Crippen LogP contribution in [0.1, 0.15) is 12.8 Å². The summed E-state index contributed by atoms with van der Waals surface area (Å²) in [6.45, 7) is 1.37. The molecule has 1 amide bonds. The third-order valence-electron chi connectivity index (χ3n) is 2.90. The third kappa shape index (κ3) is 3.19. The molecule has 0 bridgehead atoms. The minimum absolute atomic E-state index is 0.222. The van der Waals surface area contributed by atoms with Crippen molar-refractivity contribution in [3.05, 3.63) is 22.8 Å². The van der Waals surface area contributed by atoms with Crippen LogP contribution in [-0.4, -0.2) is 36.0 Å². The molecule has 0 N–H and O–H groups in total. The Bertz CT molecular complexity index is 411. The van der Waals surface area contributed by atoms with Crippen LogP contribution in [0, 0.1) is 5.92 Å². The SMILES string of the molecule is CN1CC(COc2ncccc2Br)CCC1=O. The lowest BCUT2D eigenvalue weighted by Crippen LogP contribution is -2.39. The van der Waals surface area contributed by atoms with E-state index in [2.05, 4.69) is 20.9 Å². The number of likely N-dealkylation sites (tertiary alicyclic amines) is 1. The van der Waals surface area contributed by atoms with Gasteiger partial charge in [0.2, 0.25) is 11.8 Å². The van der Waals surface area contributed by atoms with Crippen molar-refractivity contribution in [3.63, 3.8) is 0 Å². The molecule has 1 fully saturated rings. The van der Waals surface area contributed by atoms with Crippen LogP contribution in [0.15, 0.2) is 22.8 Å². The highest BCUT2D eigenvalue weighted by molar-refractivity contribution is 9.10. The number of nitrogens with zero attached hydrogens (tertiary/aromatic N) is 2. The average molecular weight is 299 g/mol. The maximum absolute atomic E-state index is 11.3. The van der Waals surface area contributed by atoms with Gasteiger partial charge in [-0.25, -0.2) is 4.98 Å². The van der Waals surface area contributed by atoms with Gasteiger partial charge in [0.15, 0.2) is 0 Å². The van der Waals surface area contributed by atoms with Crippen LogP contribution in [0.4, 0.5) is 0 Å². The molecular weight excluding hydrogens is 284 g/mol. The van der Waals surface area contributed by atoms with E-state index in [1.54, 1.807) is 11.1 Å². The smallest absolute Gasteiger partial charge is 0.227 e. The van der Waals surface area contributed by atoms with Gasteiger partial charge in [0.05, 0.1) is 11.1 Å². The van der Waals surface area contributed by atoms with Gasteiger partial charge in [0, 0.05) is 32.1 Å². The second kappa shape index (κ2) is 5.49. The molecule has 2 rings (SSSR count). The lowest BCUT2D eigenvalue weighted by atomic mass is 9.99. The Labute approximate surface area is 109 Å². The summed E-state index contributed by atoms with van der Waals surface area (Å²) < 4.78 is 6.53. The summed E-state index contributed by atoms with van der Waals surface area (Å²) in [6.07, 6.45) is 3.22. The standard InChI is InChI=1S/C12H15BrN2O2/c1-15-7-9(4-5-11(15)16)8-17-12-10(13)3-2-6-14-12/h2-3,6,9H,4-5,7-8H2,1H3. The Hall–Kier alpha value is -1.10. The molecule has 1 aromatic rings. The van der Waals surface area contributed by atoms with Crippen molar-refractivity contribution in [1.29, 1.82) is 0 Å². The number of hydrogen-bond donors (Lipinski definition) is 0. The maximum atomic E-state index is 11.3. The van der Waals surface area contributed by atoms with E-state index in [1.807, 2.05) is 19.2 Å². The van der Waals surface area contributed by atoms with E-state index in [1.165, 1.54) is 0 Å². The molecule has 1 aliphatic rings. The number of amides is 1. The zero-order chi connectivity index (χ0) is 12.3. The van der Waals surface area contributed by atoms with Gasteiger partial charge in [0.1, 0.15) is 0 Å². The number of halogens is 1. The fraction of sp³-hybridized carbons (Fsp3) is 0.500. The van der Waals surface area contributed by atoms with Gasteiger partial charge < -0.3 is 9.64 Å². The summed E-state index contributed by atoms with van der Waals surface area (Å²) in [4.78, 5) is 17.2. The molecule has 17 heavy (non-hydrogen) atoms. The van der Waals surface area contributed by atoms with Crippen molar-refractivity contribution in [1.82, 2.24) is 9.88 Å². The molecule has 1 aromatic heterocycles. The fourth-order valence-corrected chi connectivity index (χ4v) is 2.28. The van der Waals surface area contributed by atoms with E-state index in [-0.39, 0.29) is 5.91 Å².